The average Bonchev–Trinajstić information content (AvgIpc) is 2.43. The van der Waals surface area contributed by atoms with Crippen LogP contribution in [0.3, 0.4) is 0 Å². The third-order valence-corrected chi connectivity index (χ3v) is 3.29. The van der Waals surface area contributed by atoms with Crippen LogP contribution < -0.4 is 10.1 Å². The number of rotatable bonds is 8. The van der Waals surface area contributed by atoms with E-state index < -0.39 is 6.10 Å². The first kappa shape index (κ1) is 16.5. The number of carbonyl (C=O) groups is 1. The van der Waals surface area contributed by atoms with Gasteiger partial charge in [-0.25, -0.2) is 0 Å². The van der Waals surface area contributed by atoms with E-state index in [2.05, 4.69) is 26.1 Å². The largest absolute Gasteiger partial charge is 0.481 e. The number of carbonyl (C=O) groups excluding carboxylic acids is 1. The lowest BCUT2D eigenvalue weighted by atomic mass is 10.0. The highest BCUT2D eigenvalue weighted by Gasteiger charge is 2.16. The van der Waals surface area contributed by atoms with Crippen LogP contribution in [0.1, 0.15) is 58.4 Å². The molecule has 20 heavy (non-hydrogen) atoms. The molecule has 112 valence electrons. The van der Waals surface area contributed by atoms with Crippen molar-refractivity contribution in [1.29, 1.82) is 0 Å². The molecule has 0 aliphatic carbocycles. The summed E-state index contributed by atoms with van der Waals surface area (Å²) in [5.74, 6) is 1.14. The van der Waals surface area contributed by atoms with E-state index in [0.717, 1.165) is 37.1 Å². The second kappa shape index (κ2) is 8.62. The topological polar surface area (TPSA) is 38.3 Å². The highest BCUT2D eigenvalue weighted by molar-refractivity contribution is 5.80. The van der Waals surface area contributed by atoms with Crippen LogP contribution in [0.4, 0.5) is 0 Å². The van der Waals surface area contributed by atoms with Gasteiger partial charge in [-0.2, -0.15) is 0 Å². The van der Waals surface area contributed by atoms with Gasteiger partial charge in [0.05, 0.1) is 0 Å². The number of hydrogen-bond donors (Lipinski definition) is 1. The molecule has 3 heteroatoms. The van der Waals surface area contributed by atoms with Crippen molar-refractivity contribution in [3.05, 3.63) is 29.8 Å². The van der Waals surface area contributed by atoms with Crippen molar-refractivity contribution in [3.8, 4) is 5.75 Å². The Kier molecular flexibility index (Phi) is 7.13. The molecule has 1 rings (SSSR count). The Morgan fingerprint density at radius 3 is 2.55 bits per heavy atom. The molecular weight excluding hydrogens is 250 g/mol. The molecule has 0 aliphatic heterocycles. The van der Waals surface area contributed by atoms with Gasteiger partial charge >= 0.3 is 0 Å². The first-order valence-corrected chi connectivity index (χ1v) is 7.59. The summed E-state index contributed by atoms with van der Waals surface area (Å²) in [6.45, 7) is 8.92. The molecule has 1 unspecified atom stereocenters. The van der Waals surface area contributed by atoms with Crippen LogP contribution in [0, 0.1) is 0 Å². The maximum atomic E-state index is 12.0. The van der Waals surface area contributed by atoms with E-state index in [4.69, 9.17) is 4.74 Å². The Hall–Kier alpha value is -1.51. The van der Waals surface area contributed by atoms with Crippen molar-refractivity contribution < 1.29 is 9.53 Å². The van der Waals surface area contributed by atoms with Crippen molar-refractivity contribution in [2.45, 2.75) is 59.0 Å². The fraction of sp³-hybridized carbons (Fsp3) is 0.588. The molecule has 1 N–H and O–H groups in total. The third kappa shape index (κ3) is 5.24. The van der Waals surface area contributed by atoms with E-state index in [1.807, 2.05) is 24.3 Å². The Bertz CT molecular complexity index is 415. The smallest absolute Gasteiger partial charge is 0.260 e. The van der Waals surface area contributed by atoms with Gasteiger partial charge in [0.2, 0.25) is 0 Å². The molecule has 1 aromatic carbocycles. The molecule has 3 nitrogen and oxygen atoms in total. The summed E-state index contributed by atoms with van der Waals surface area (Å²) >= 11 is 0. The molecule has 1 amide bonds. The zero-order valence-corrected chi connectivity index (χ0v) is 13.1. The number of ether oxygens (including phenoxy) is 1. The zero-order chi connectivity index (χ0) is 15.0. The first-order valence-electron chi connectivity index (χ1n) is 7.59. The Morgan fingerprint density at radius 1 is 1.20 bits per heavy atom. The highest BCUT2D eigenvalue weighted by Crippen LogP contribution is 2.26. The minimum atomic E-state index is -0.462. The molecule has 0 fully saturated rings. The quantitative estimate of drug-likeness (QED) is 0.732. The maximum absolute atomic E-state index is 12.0. The van der Waals surface area contributed by atoms with Gasteiger partial charge in [-0.3, -0.25) is 4.79 Å². The van der Waals surface area contributed by atoms with E-state index in [9.17, 15) is 4.79 Å². The summed E-state index contributed by atoms with van der Waals surface area (Å²) in [4.78, 5) is 12.0. The highest BCUT2D eigenvalue weighted by atomic mass is 16.5. The van der Waals surface area contributed by atoms with Crippen LogP contribution >= 0.6 is 0 Å². The van der Waals surface area contributed by atoms with E-state index in [0.29, 0.717) is 5.92 Å². The number of benzene rings is 1. The molecular formula is C17H27NO2. The number of amides is 1. The Morgan fingerprint density at radius 2 is 1.90 bits per heavy atom. The normalized spacial score (nSPS) is 12.2. The third-order valence-electron chi connectivity index (χ3n) is 3.29. The molecule has 0 aliphatic rings. The SMILES string of the molecule is CCCCCNC(=O)C(C)Oc1ccccc1C(C)C. The molecule has 0 saturated carbocycles. The van der Waals surface area contributed by atoms with Crippen molar-refractivity contribution >= 4 is 5.91 Å². The number of unbranched alkanes of at least 4 members (excludes halogenated alkanes) is 2. The molecule has 0 bridgehead atoms. The summed E-state index contributed by atoms with van der Waals surface area (Å²) in [5, 5.41) is 2.92. The van der Waals surface area contributed by atoms with Crippen LogP contribution in [0.2, 0.25) is 0 Å². The standard InChI is InChI=1S/C17H27NO2/c1-5-6-9-12-18-17(19)14(4)20-16-11-8-7-10-15(16)13(2)3/h7-8,10-11,13-14H,5-6,9,12H2,1-4H3,(H,18,19). The van der Waals surface area contributed by atoms with Gasteiger partial charge in [0, 0.05) is 6.54 Å². The lowest BCUT2D eigenvalue weighted by molar-refractivity contribution is -0.127. The van der Waals surface area contributed by atoms with Gasteiger partial charge in [0.15, 0.2) is 6.10 Å². The number of hydrogen-bond acceptors (Lipinski definition) is 2. The summed E-state index contributed by atoms with van der Waals surface area (Å²) in [6.07, 6.45) is 2.86. The minimum absolute atomic E-state index is 0.0420. The van der Waals surface area contributed by atoms with Crippen molar-refractivity contribution in [2.75, 3.05) is 6.54 Å². The fourth-order valence-corrected chi connectivity index (χ4v) is 2.04. The average molecular weight is 277 g/mol. The first-order chi connectivity index (χ1) is 9.56. The van der Waals surface area contributed by atoms with E-state index >= 15 is 0 Å². The summed E-state index contributed by atoms with van der Waals surface area (Å²) in [6, 6.07) is 7.91. The predicted molar refractivity (Wildman–Crippen MR) is 83.2 cm³/mol. The molecule has 1 atom stereocenters. The second-order valence-corrected chi connectivity index (χ2v) is 5.45. The van der Waals surface area contributed by atoms with Gasteiger partial charge in [-0.1, -0.05) is 51.8 Å². The molecule has 0 aromatic heterocycles. The Balaban J connectivity index is 2.53. The molecule has 0 saturated heterocycles. The predicted octanol–water partition coefficient (Wildman–Crippen LogP) is 3.88. The van der Waals surface area contributed by atoms with Gasteiger partial charge < -0.3 is 10.1 Å². The fourth-order valence-electron chi connectivity index (χ4n) is 2.04. The lowest BCUT2D eigenvalue weighted by Crippen LogP contribution is -2.37. The Labute approximate surface area is 122 Å². The second-order valence-electron chi connectivity index (χ2n) is 5.45. The summed E-state index contributed by atoms with van der Waals surface area (Å²) in [7, 11) is 0. The van der Waals surface area contributed by atoms with Crippen LogP contribution in [0.25, 0.3) is 0 Å². The van der Waals surface area contributed by atoms with Crippen LogP contribution in [0.5, 0.6) is 5.75 Å². The summed E-state index contributed by atoms with van der Waals surface area (Å²) < 4.78 is 5.81. The van der Waals surface area contributed by atoms with Gasteiger partial charge in [0.1, 0.15) is 5.75 Å². The van der Waals surface area contributed by atoms with Gasteiger partial charge in [-0.15, -0.1) is 0 Å². The van der Waals surface area contributed by atoms with E-state index in [1.165, 1.54) is 0 Å². The minimum Gasteiger partial charge on any atom is -0.481 e. The van der Waals surface area contributed by atoms with Crippen LogP contribution in [-0.2, 0) is 4.79 Å². The van der Waals surface area contributed by atoms with Crippen molar-refractivity contribution in [1.82, 2.24) is 5.32 Å². The van der Waals surface area contributed by atoms with E-state index in [1.54, 1.807) is 6.92 Å². The molecule has 0 radical (unpaired) electrons. The number of para-hydroxylation sites is 1. The molecule has 1 aromatic rings. The van der Waals surface area contributed by atoms with Gasteiger partial charge in [0.25, 0.3) is 5.91 Å². The van der Waals surface area contributed by atoms with Gasteiger partial charge in [-0.05, 0) is 30.9 Å². The molecule has 0 spiro atoms. The summed E-state index contributed by atoms with van der Waals surface area (Å²) in [5.41, 5.74) is 1.14. The van der Waals surface area contributed by atoms with Crippen molar-refractivity contribution in [2.24, 2.45) is 0 Å². The lowest BCUT2D eigenvalue weighted by Gasteiger charge is -2.18. The van der Waals surface area contributed by atoms with Crippen LogP contribution in [-0.4, -0.2) is 18.6 Å². The zero-order valence-electron chi connectivity index (χ0n) is 13.1. The van der Waals surface area contributed by atoms with Crippen molar-refractivity contribution in [3.63, 3.8) is 0 Å². The monoisotopic (exact) mass is 277 g/mol. The van der Waals surface area contributed by atoms with E-state index in [-0.39, 0.29) is 5.91 Å². The molecule has 0 heterocycles. The number of nitrogens with one attached hydrogen (secondary N) is 1. The maximum Gasteiger partial charge on any atom is 0.260 e. The van der Waals surface area contributed by atoms with Crippen LogP contribution in [0.15, 0.2) is 24.3 Å².